The lowest BCUT2D eigenvalue weighted by molar-refractivity contribution is -0.118. The van der Waals surface area contributed by atoms with Gasteiger partial charge in [-0.2, -0.15) is 0 Å². The molecule has 1 heterocycles. The second kappa shape index (κ2) is 10.1. The van der Waals surface area contributed by atoms with Crippen LogP contribution in [0.3, 0.4) is 0 Å². The second-order valence-corrected chi connectivity index (χ2v) is 6.10. The average Bonchev–Trinajstić information content (AvgIpc) is 2.57. The van der Waals surface area contributed by atoms with E-state index in [0.29, 0.717) is 11.4 Å². The highest BCUT2D eigenvalue weighted by Crippen LogP contribution is 2.12. The number of hydrogen-bond acceptors (Lipinski definition) is 3. The Morgan fingerprint density at radius 2 is 1.88 bits per heavy atom. The van der Waals surface area contributed by atoms with Gasteiger partial charge < -0.3 is 11.1 Å². The van der Waals surface area contributed by atoms with Crippen molar-refractivity contribution in [1.82, 2.24) is 4.98 Å². The molecule has 0 bridgehead atoms. The Labute approximate surface area is 150 Å². The Bertz CT molecular complexity index is 770. The molecule has 0 spiro atoms. The van der Waals surface area contributed by atoms with Gasteiger partial charge in [-0.1, -0.05) is 40.0 Å². The van der Waals surface area contributed by atoms with Crippen molar-refractivity contribution in [3.63, 3.8) is 0 Å². The number of nitrogens with zero attached hydrogens (tertiary/aromatic N) is 1. The third-order valence-electron chi connectivity index (χ3n) is 3.16. The van der Waals surface area contributed by atoms with Crippen molar-refractivity contribution in [3.8, 4) is 11.8 Å². The van der Waals surface area contributed by atoms with Crippen molar-refractivity contribution in [3.05, 3.63) is 53.3 Å². The number of benzene rings is 1. The second-order valence-electron chi connectivity index (χ2n) is 6.10. The first kappa shape index (κ1) is 20.2. The number of nitrogens with one attached hydrogen (secondary N) is 1. The van der Waals surface area contributed by atoms with Gasteiger partial charge in [0.25, 0.3) is 0 Å². The largest absolute Gasteiger partial charge is 0.399 e. The van der Waals surface area contributed by atoms with E-state index < -0.39 is 0 Å². The molecule has 0 atom stereocenters. The van der Waals surface area contributed by atoms with Crippen LogP contribution < -0.4 is 11.1 Å². The maximum absolute atomic E-state index is 11.7. The monoisotopic (exact) mass is 337 g/mol. The van der Waals surface area contributed by atoms with Crippen LogP contribution in [0.1, 0.15) is 50.9 Å². The van der Waals surface area contributed by atoms with Gasteiger partial charge in [-0.15, -0.1) is 0 Å². The molecule has 132 valence electrons. The normalized spacial score (nSPS) is 9.52. The predicted octanol–water partition coefficient (Wildman–Crippen LogP) is 4.38. The smallest absolute Gasteiger partial charge is 0.226 e. The van der Waals surface area contributed by atoms with Crippen LogP contribution in [0.25, 0.3) is 0 Å². The fourth-order valence-corrected chi connectivity index (χ4v) is 1.75. The average molecular weight is 337 g/mol. The van der Waals surface area contributed by atoms with E-state index in [-0.39, 0.29) is 11.8 Å². The highest BCUT2D eigenvalue weighted by molar-refractivity contribution is 5.92. The van der Waals surface area contributed by atoms with Gasteiger partial charge in [-0.05, 0) is 48.7 Å². The van der Waals surface area contributed by atoms with Gasteiger partial charge in [-0.3, -0.25) is 4.79 Å². The fourth-order valence-electron chi connectivity index (χ4n) is 1.75. The maximum atomic E-state index is 11.7. The first-order valence-electron chi connectivity index (χ1n) is 8.52. The number of nitrogen functional groups attached to an aromatic ring is 1. The zero-order valence-electron chi connectivity index (χ0n) is 15.7. The van der Waals surface area contributed by atoms with E-state index in [1.165, 1.54) is 6.42 Å². The van der Waals surface area contributed by atoms with Crippen molar-refractivity contribution in [2.45, 2.75) is 41.0 Å². The zero-order chi connectivity index (χ0) is 18.8. The minimum absolute atomic E-state index is 0.0285. The van der Waals surface area contributed by atoms with E-state index in [1.54, 1.807) is 18.3 Å². The zero-order valence-corrected chi connectivity index (χ0v) is 15.7. The minimum atomic E-state index is -0.0690. The number of aryl methyl sites for hydroxylation is 1. The standard InChI is InChI=1S/C18H19N3O.C3H8/c1-12(2)18(22)21-16-8-9-20-15(11-16)6-4-14-5-7-17(19)13(3)10-14;1-3-2/h5,7-12H,19H2,1-3H3,(H,20,21,22);3H2,1-2H3. The topological polar surface area (TPSA) is 68.0 Å². The van der Waals surface area contributed by atoms with Gasteiger partial charge >= 0.3 is 0 Å². The Balaban J connectivity index is 0.000000970. The molecule has 0 aliphatic carbocycles. The molecule has 1 amide bonds. The van der Waals surface area contributed by atoms with Gasteiger partial charge in [0, 0.05) is 29.1 Å². The Morgan fingerprint density at radius 3 is 2.48 bits per heavy atom. The summed E-state index contributed by atoms with van der Waals surface area (Å²) in [5.41, 5.74) is 9.72. The third-order valence-corrected chi connectivity index (χ3v) is 3.16. The molecule has 0 saturated heterocycles. The first-order chi connectivity index (χ1) is 11.9. The summed E-state index contributed by atoms with van der Waals surface area (Å²) >= 11 is 0. The molecule has 25 heavy (non-hydrogen) atoms. The number of carbonyl (C=O) groups excluding carboxylic acids is 1. The number of nitrogens with two attached hydrogens (primary N) is 1. The Kier molecular flexibility index (Phi) is 8.22. The molecule has 0 aliphatic heterocycles. The van der Waals surface area contributed by atoms with Crippen molar-refractivity contribution in [2.75, 3.05) is 11.1 Å². The maximum Gasteiger partial charge on any atom is 0.226 e. The summed E-state index contributed by atoms with van der Waals surface area (Å²) in [5.74, 6) is 5.95. The van der Waals surface area contributed by atoms with Gasteiger partial charge in [0.1, 0.15) is 5.69 Å². The van der Waals surface area contributed by atoms with E-state index in [1.807, 2.05) is 39.0 Å². The minimum Gasteiger partial charge on any atom is -0.399 e. The van der Waals surface area contributed by atoms with Crippen LogP contribution in [0.2, 0.25) is 0 Å². The molecule has 0 aliphatic rings. The van der Waals surface area contributed by atoms with Crippen LogP contribution in [0, 0.1) is 24.7 Å². The van der Waals surface area contributed by atoms with Gasteiger partial charge in [0.15, 0.2) is 0 Å². The summed E-state index contributed by atoms with van der Waals surface area (Å²) in [5, 5.41) is 2.83. The Morgan fingerprint density at radius 1 is 1.20 bits per heavy atom. The van der Waals surface area contributed by atoms with Gasteiger partial charge in [0.05, 0.1) is 0 Å². The summed E-state index contributed by atoms with van der Waals surface area (Å²) in [4.78, 5) is 15.9. The van der Waals surface area contributed by atoms with Crippen LogP contribution in [0.4, 0.5) is 11.4 Å². The highest BCUT2D eigenvalue weighted by Gasteiger charge is 2.07. The van der Waals surface area contributed by atoms with Crippen LogP contribution in [-0.4, -0.2) is 10.9 Å². The quantitative estimate of drug-likeness (QED) is 0.631. The molecule has 0 fully saturated rings. The van der Waals surface area contributed by atoms with E-state index >= 15 is 0 Å². The molecular formula is C21H27N3O. The molecule has 3 N–H and O–H groups in total. The lowest BCUT2D eigenvalue weighted by Crippen LogP contribution is -2.17. The lowest BCUT2D eigenvalue weighted by Gasteiger charge is -2.07. The van der Waals surface area contributed by atoms with Crippen molar-refractivity contribution >= 4 is 17.3 Å². The molecule has 1 aromatic heterocycles. The van der Waals surface area contributed by atoms with Crippen LogP contribution >= 0.6 is 0 Å². The molecular weight excluding hydrogens is 310 g/mol. The number of rotatable bonds is 2. The summed E-state index contributed by atoms with van der Waals surface area (Å²) in [6, 6.07) is 9.16. The fraction of sp³-hybridized carbons (Fsp3) is 0.333. The van der Waals surface area contributed by atoms with E-state index in [0.717, 1.165) is 16.8 Å². The van der Waals surface area contributed by atoms with Crippen molar-refractivity contribution in [1.29, 1.82) is 0 Å². The van der Waals surface area contributed by atoms with Crippen LogP contribution in [0.15, 0.2) is 36.5 Å². The molecule has 1 aromatic carbocycles. The number of hydrogen-bond donors (Lipinski definition) is 2. The third kappa shape index (κ3) is 7.09. The summed E-state index contributed by atoms with van der Waals surface area (Å²) in [7, 11) is 0. The number of anilines is 2. The molecule has 4 heteroatoms. The lowest BCUT2D eigenvalue weighted by atomic mass is 10.1. The van der Waals surface area contributed by atoms with Crippen molar-refractivity contribution < 1.29 is 4.79 Å². The highest BCUT2D eigenvalue weighted by atomic mass is 16.1. The predicted molar refractivity (Wildman–Crippen MR) is 105 cm³/mol. The summed E-state index contributed by atoms with van der Waals surface area (Å²) < 4.78 is 0. The van der Waals surface area contributed by atoms with Crippen molar-refractivity contribution in [2.24, 2.45) is 5.92 Å². The molecule has 4 nitrogen and oxygen atoms in total. The first-order valence-corrected chi connectivity index (χ1v) is 8.52. The van der Waals surface area contributed by atoms with E-state index in [2.05, 4.69) is 36.0 Å². The van der Waals surface area contributed by atoms with Gasteiger partial charge in [0.2, 0.25) is 5.91 Å². The van der Waals surface area contributed by atoms with E-state index in [9.17, 15) is 4.79 Å². The number of carbonyl (C=O) groups is 1. The molecule has 0 unspecified atom stereocenters. The summed E-state index contributed by atoms with van der Waals surface area (Å²) in [6.07, 6.45) is 2.88. The molecule has 2 rings (SSSR count). The molecule has 0 radical (unpaired) electrons. The number of aromatic nitrogens is 1. The van der Waals surface area contributed by atoms with Crippen LogP contribution in [-0.2, 0) is 4.79 Å². The van der Waals surface area contributed by atoms with Gasteiger partial charge in [-0.25, -0.2) is 4.98 Å². The summed E-state index contributed by atoms with van der Waals surface area (Å²) in [6.45, 7) is 9.89. The van der Waals surface area contributed by atoms with Crippen LogP contribution in [0.5, 0.6) is 0 Å². The molecule has 2 aromatic rings. The Hall–Kier alpha value is -2.80. The number of pyridine rings is 1. The number of amides is 1. The van der Waals surface area contributed by atoms with E-state index in [4.69, 9.17) is 5.73 Å². The SMILES string of the molecule is CCC.Cc1cc(C#Cc2cc(NC(=O)C(C)C)ccn2)ccc1N. The molecule has 0 saturated carbocycles.